The van der Waals surface area contributed by atoms with Crippen molar-refractivity contribution in [1.82, 2.24) is 10.6 Å². The molecule has 0 aliphatic carbocycles. The molecule has 19 heavy (non-hydrogen) atoms. The predicted octanol–water partition coefficient (Wildman–Crippen LogP) is 2.97. The van der Waals surface area contributed by atoms with Gasteiger partial charge in [0.1, 0.15) is 6.04 Å². The van der Waals surface area contributed by atoms with Gasteiger partial charge in [-0.15, -0.1) is 0 Å². The Kier molecular flexibility index (Phi) is 8.44. The lowest BCUT2D eigenvalue weighted by molar-refractivity contribution is -0.132. The first-order valence-corrected chi connectivity index (χ1v) is 7.47. The van der Waals surface area contributed by atoms with Crippen molar-refractivity contribution in [3.63, 3.8) is 0 Å². The fourth-order valence-corrected chi connectivity index (χ4v) is 2.04. The number of amides is 2. The molecule has 3 unspecified atom stereocenters. The Morgan fingerprint density at radius 1 is 0.895 bits per heavy atom. The average molecular weight is 274 g/mol. The summed E-state index contributed by atoms with van der Waals surface area (Å²) >= 11 is 0. The van der Waals surface area contributed by atoms with Crippen LogP contribution in [0.4, 0.5) is 0 Å². The molecular formula is C15H34N2O2. The highest BCUT2D eigenvalue weighted by molar-refractivity contribution is 5.88. The Morgan fingerprint density at radius 2 is 1.47 bits per heavy atom. The third-order valence-corrected chi connectivity index (χ3v) is 3.62. The second kappa shape index (κ2) is 8.94. The summed E-state index contributed by atoms with van der Waals surface area (Å²) < 4.78 is 0. The van der Waals surface area contributed by atoms with E-state index in [1.165, 1.54) is 0 Å². The topological polar surface area (TPSA) is 58.2 Å². The third kappa shape index (κ3) is 6.08. The first-order chi connectivity index (χ1) is 8.87. The molecule has 116 valence electrons. The Morgan fingerprint density at radius 3 is 1.84 bits per heavy atom. The van der Waals surface area contributed by atoms with E-state index in [2.05, 4.69) is 10.6 Å². The van der Waals surface area contributed by atoms with E-state index in [4.69, 9.17) is 0 Å². The van der Waals surface area contributed by atoms with Crippen molar-refractivity contribution in [2.24, 2.45) is 11.8 Å². The maximum Gasteiger partial charge on any atom is 0.242 e. The van der Waals surface area contributed by atoms with E-state index in [9.17, 15) is 9.59 Å². The van der Waals surface area contributed by atoms with E-state index >= 15 is 0 Å². The molecule has 0 aromatic heterocycles. The molecule has 0 aliphatic rings. The maximum atomic E-state index is 12.2. The molecular weight excluding hydrogens is 240 g/mol. The van der Waals surface area contributed by atoms with Crippen molar-refractivity contribution in [3.8, 4) is 0 Å². The molecule has 0 aliphatic heterocycles. The van der Waals surface area contributed by atoms with Gasteiger partial charge in [-0.05, 0) is 32.1 Å². The van der Waals surface area contributed by atoms with Crippen LogP contribution >= 0.6 is 0 Å². The first-order valence-electron chi connectivity index (χ1n) is 7.47. The SMILES string of the molecule is CCC(C)NC(=O)C(CC)NC(=O)C(CC)C(C)C.[HH].[HH]. The zero-order valence-corrected chi connectivity index (χ0v) is 13.2. The molecule has 0 bridgehead atoms. The van der Waals surface area contributed by atoms with Gasteiger partial charge in [-0.2, -0.15) is 0 Å². The van der Waals surface area contributed by atoms with Gasteiger partial charge in [-0.1, -0.05) is 34.6 Å². The predicted molar refractivity (Wildman–Crippen MR) is 83.0 cm³/mol. The molecule has 0 spiro atoms. The van der Waals surface area contributed by atoms with Gasteiger partial charge in [0.15, 0.2) is 0 Å². The van der Waals surface area contributed by atoms with Gasteiger partial charge in [0, 0.05) is 14.8 Å². The van der Waals surface area contributed by atoms with Crippen LogP contribution in [0.2, 0.25) is 0 Å². The summed E-state index contributed by atoms with van der Waals surface area (Å²) in [4.78, 5) is 24.2. The Bertz CT molecular complexity index is 299. The first kappa shape index (κ1) is 17.9. The summed E-state index contributed by atoms with van der Waals surface area (Å²) in [7, 11) is 0. The van der Waals surface area contributed by atoms with Gasteiger partial charge in [-0.25, -0.2) is 0 Å². The fraction of sp³-hybridized carbons (Fsp3) is 0.867. The Labute approximate surface area is 120 Å². The number of nitrogens with one attached hydrogen (secondary N) is 2. The van der Waals surface area contributed by atoms with E-state index in [0.29, 0.717) is 12.3 Å². The number of carbonyl (C=O) groups excluding carboxylic acids is 2. The molecule has 0 aromatic carbocycles. The zero-order chi connectivity index (χ0) is 15.0. The molecule has 3 atom stereocenters. The smallest absolute Gasteiger partial charge is 0.242 e. The molecule has 0 saturated carbocycles. The molecule has 2 N–H and O–H groups in total. The molecule has 0 saturated heterocycles. The van der Waals surface area contributed by atoms with Crippen molar-refractivity contribution >= 4 is 11.8 Å². The summed E-state index contributed by atoms with van der Waals surface area (Å²) in [6.45, 7) is 12.0. The lowest BCUT2D eigenvalue weighted by Crippen LogP contribution is -2.50. The monoisotopic (exact) mass is 274 g/mol. The summed E-state index contributed by atoms with van der Waals surface area (Å²) in [5.74, 6) is 0.179. The van der Waals surface area contributed by atoms with Gasteiger partial charge in [-0.3, -0.25) is 9.59 Å². The summed E-state index contributed by atoms with van der Waals surface area (Å²) in [6, 6.07) is -0.278. The summed E-state index contributed by atoms with van der Waals surface area (Å²) in [5.41, 5.74) is 0. The van der Waals surface area contributed by atoms with Crippen molar-refractivity contribution < 1.29 is 12.4 Å². The molecule has 4 heteroatoms. The van der Waals surface area contributed by atoms with Crippen LogP contribution < -0.4 is 10.6 Å². The highest BCUT2D eigenvalue weighted by atomic mass is 16.2. The van der Waals surface area contributed by atoms with E-state index in [-0.39, 0.29) is 26.6 Å². The standard InChI is InChI=1S/C15H30N2O2.2H2/c1-7-11(6)16-15(19)13(9-3)17-14(18)12(8-2)10(4)5;;/h10-13H,7-9H2,1-6H3,(H,16,19)(H,17,18);2*1H. The minimum atomic E-state index is -0.422. The van der Waals surface area contributed by atoms with Crippen LogP contribution in [0.1, 0.15) is 63.7 Å². The van der Waals surface area contributed by atoms with Gasteiger partial charge < -0.3 is 10.6 Å². The van der Waals surface area contributed by atoms with Crippen molar-refractivity contribution in [3.05, 3.63) is 0 Å². The lowest BCUT2D eigenvalue weighted by atomic mass is 9.92. The van der Waals surface area contributed by atoms with Gasteiger partial charge in [0.05, 0.1) is 0 Å². The second-order valence-corrected chi connectivity index (χ2v) is 5.55. The minimum absolute atomic E-state index is 0. The van der Waals surface area contributed by atoms with Gasteiger partial charge >= 0.3 is 0 Å². The van der Waals surface area contributed by atoms with Crippen LogP contribution in [0.5, 0.6) is 0 Å². The highest BCUT2D eigenvalue weighted by Gasteiger charge is 2.25. The Hall–Kier alpha value is -1.06. The summed E-state index contributed by atoms with van der Waals surface area (Å²) in [6.07, 6.45) is 2.30. The van der Waals surface area contributed by atoms with Crippen LogP contribution in [0.3, 0.4) is 0 Å². The third-order valence-electron chi connectivity index (χ3n) is 3.62. The van der Waals surface area contributed by atoms with Crippen LogP contribution in [-0.4, -0.2) is 23.9 Å². The summed E-state index contributed by atoms with van der Waals surface area (Å²) in [5, 5.41) is 5.80. The molecule has 0 fully saturated rings. The molecule has 4 nitrogen and oxygen atoms in total. The maximum absolute atomic E-state index is 12.2. The Balaban J connectivity index is -0.00000162. The minimum Gasteiger partial charge on any atom is -0.352 e. The van der Waals surface area contributed by atoms with Crippen molar-refractivity contribution in [2.45, 2.75) is 72.9 Å². The van der Waals surface area contributed by atoms with E-state index < -0.39 is 6.04 Å². The average Bonchev–Trinajstić information content (AvgIpc) is 2.35. The van der Waals surface area contributed by atoms with Gasteiger partial charge in [0.25, 0.3) is 0 Å². The van der Waals surface area contributed by atoms with Crippen LogP contribution in [0.25, 0.3) is 0 Å². The van der Waals surface area contributed by atoms with E-state index in [0.717, 1.165) is 12.8 Å². The van der Waals surface area contributed by atoms with Gasteiger partial charge in [0.2, 0.25) is 11.8 Å². The molecule has 0 heterocycles. The van der Waals surface area contributed by atoms with Crippen LogP contribution in [-0.2, 0) is 9.59 Å². The zero-order valence-electron chi connectivity index (χ0n) is 13.2. The number of carbonyl (C=O) groups is 2. The van der Waals surface area contributed by atoms with Crippen LogP contribution in [0, 0.1) is 11.8 Å². The molecule has 0 aromatic rings. The number of hydrogen-bond acceptors (Lipinski definition) is 2. The van der Waals surface area contributed by atoms with Crippen LogP contribution in [0.15, 0.2) is 0 Å². The van der Waals surface area contributed by atoms with E-state index in [1.54, 1.807) is 0 Å². The quantitative estimate of drug-likeness (QED) is 0.715. The lowest BCUT2D eigenvalue weighted by Gasteiger charge is -2.24. The fourth-order valence-electron chi connectivity index (χ4n) is 2.04. The second-order valence-electron chi connectivity index (χ2n) is 5.55. The molecule has 0 radical (unpaired) electrons. The van der Waals surface area contributed by atoms with Crippen molar-refractivity contribution in [1.29, 1.82) is 0 Å². The number of rotatable bonds is 8. The molecule has 0 rings (SSSR count). The molecule has 2 amide bonds. The van der Waals surface area contributed by atoms with Crippen molar-refractivity contribution in [2.75, 3.05) is 0 Å². The number of hydrogen-bond donors (Lipinski definition) is 2. The van der Waals surface area contributed by atoms with E-state index in [1.807, 2.05) is 41.5 Å². The normalized spacial score (nSPS) is 15.7. The highest BCUT2D eigenvalue weighted by Crippen LogP contribution is 2.15. The largest absolute Gasteiger partial charge is 0.352 e.